The molecule has 0 bridgehead atoms. The first-order chi connectivity index (χ1) is 9.16. The summed E-state index contributed by atoms with van der Waals surface area (Å²) in [7, 11) is 0. The van der Waals surface area contributed by atoms with E-state index in [4.69, 9.17) is 4.74 Å². The van der Waals surface area contributed by atoms with Crippen molar-refractivity contribution in [1.82, 2.24) is 0 Å². The first kappa shape index (κ1) is 12.0. The van der Waals surface area contributed by atoms with Crippen molar-refractivity contribution in [3.05, 3.63) is 53.6 Å². The quantitative estimate of drug-likeness (QED) is 0.694. The Morgan fingerprint density at radius 3 is 2.58 bits per heavy atom. The third-order valence-electron chi connectivity index (χ3n) is 3.42. The zero-order chi connectivity index (χ0) is 13.4. The van der Waals surface area contributed by atoms with E-state index in [0.29, 0.717) is 5.92 Å². The molecule has 0 unspecified atom stereocenters. The van der Waals surface area contributed by atoms with Gasteiger partial charge in [0, 0.05) is 11.3 Å². The second-order valence-corrected chi connectivity index (χ2v) is 5.15. The summed E-state index contributed by atoms with van der Waals surface area (Å²) in [6, 6.07) is 14.2. The molecule has 2 nitrogen and oxygen atoms in total. The fourth-order valence-corrected chi connectivity index (χ4v) is 2.40. The molecule has 3 rings (SSSR count). The molecule has 2 aromatic carbocycles. The number of hydrogen-bond acceptors (Lipinski definition) is 2. The summed E-state index contributed by atoms with van der Waals surface area (Å²) in [5.74, 6) is 2.20. The third kappa shape index (κ3) is 2.03. The van der Waals surface area contributed by atoms with E-state index in [2.05, 4.69) is 37.0 Å². The van der Waals surface area contributed by atoms with Crippen LogP contribution in [0.2, 0.25) is 0 Å². The molecule has 1 aliphatic heterocycles. The second kappa shape index (κ2) is 4.54. The summed E-state index contributed by atoms with van der Waals surface area (Å²) >= 11 is 0. The average Bonchev–Trinajstić information content (AvgIpc) is 2.54. The van der Waals surface area contributed by atoms with Gasteiger partial charge >= 0.3 is 0 Å². The van der Waals surface area contributed by atoms with Crippen molar-refractivity contribution in [3.63, 3.8) is 0 Å². The second-order valence-electron chi connectivity index (χ2n) is 5.15. The van der Waals surface area contributed by atoms with Gasteiger partial charge in [0.05, 0.1) is 0 Å². The Morgan fingerprint density at radius 1 is 1.00 bits per heavy atom. The zero-order valence-electron chi connectivity index (χ0n) is 11.5. The molecular formula is C17H17NO. The highest BCUT2D eigenvalue weighted by atomic mass is 16.5. The van der Waals surface area contributed by atoms with Crippen LogP contribution in [0.25, 0.3) is 0 Å². The molecule has 0 spiro atoms. The molecule has 0 amide bonds. The molecule has 2 heteroatoms. The number of para-hydroxylation sites is 3. The largest absolute Gasteiger partial charge is 0.454 e. The van der Waals surface area contributed by atoms with E-state index in [0.717, 1.165) is 28.5 Å². The molecule has 0 radical (unpaired) electrons. The van der Waals surface area contributed by atoms with Crippen LogP contribution in [0.15, 0.2) is 47.5 Å². The molecule has 1 heterocycles. The molecule has 0 N–H and O–H groups in total. The van der Waals surface area contributed by atoms with Crippen molar-refractivity contribution in [2.24, 2.45) is 4.99 Å². The van der Waals surface area contributed by atoms with Crippen LogP contribution in [0.5, 0.6) is 11.5 Å². The Balaban J connectivity index is 2.25. The first-order valence-corrected chi connectivity index (χ1v) is 6.62. The number of ether oxygens (including phenoxy) is 1. The lowest BCUT2D eigenvalue weighted by molar-refractivity contribution is 0.475. The Bertz CT molecular complexity index is 656. The molecule has 0 atom stereocenters. The lowest BCUT2D eigenvalue weighted by atomic mass is 9.97. The summed E-state index contributed by atoms with van der Waals surface area (Å²) in [5, 5.41) is 0. The van der Waals surface area contributed by atoms with Gasteiger partial charge in [0.1, 0.15) is 11.4 Å². The average molecular weight is 251 g/mol. The lowest BCUT2D eigenvalue weighted by Crippen LogP contribution is -2.00. The van der Waals surface area contributed by atoms with Gasteiger partial charge in [0.2, 0.25) is 0 Å². The van der Waals surface area contributed by atoms with E-state index in [1.54, 1.807) is 0 Å². The zero-order valence-corrected chi connectivity index (χ0v) is 11.5. The van der Waals surface area contributed by atoms with Gasteiger partial charge in [0.15, 0.2) is 5.75 Å². The number of fused-ring (bicyclic) bond motifs is 2. The van der Waals surface area contributed by atoms with Gasteiger partial charge in [-0.15, -0.1) is 0 Å². The van der Waals surface area contributed by atoms with Crippen LogP contribution in [0, 0.1) is 0 Å². The van der Waals surface area contributed by atoms with Crippen LogP contribution in [-0.4, -0.2) is 5.71 Å². The van der Waals surface area contributed by atoms with Gasteiger partial charge in [0.25, 0.3) is 0 Å². The molecule has 0 fully saturated rings. The topological polar surface area (TPSA) is 21.6 Å². The lowest BCUT2D eigenvalue weighted by Gasteiger charge is -2.15. The predicted molar refractivity (Wildman–Crippen MR) is 78.9 cm³/mol. The highest BCUT2D eigenvalue weighted by Gasteiger charge is 2.19. The molecule has 0 saturated heterocycles. The van der Waals surface area contributed by atoms with E-state index in [-0.39, 0.29) is 0 Å². The Labute approximate surface area is 113 Å². The number of hydrogen-bond donors (Lipinski definition) is 0. The Hall–Kier alpha value is -2.09. The highest BCUT2D eigenvalue weighted by Crippen LogP contribution is 2.40. The minimum Gasteiger partial charge on any atom is -0.454 e. The van der Waals surface area contributed by atoms with Crippen molar-refractivity contribution in [1.29, 1.82) is 0 Å². The minimum atomic E-state index is 0.424. The van der Waals surface area contributed by atoms with E-state index < -0.39 is 0 Å². The van der Waals surface area contributed by atoms with Crippen LogP contribution < -0.4 is 4.74 Å². The smallest absolute Gasteiger partial charge is 0.153 e. The predicted octanol–water partition coefficient (Wildman–Crippen LogP) is 5.06. The molecule has 0 saturated carbocycles. The van der Waals surface area contributed by atoms with Gasteiger partial charge < -0.3 is 4.74 Å². The Kier molecular flexibility index (Phi) is 2.86. The van der Waals surface area contributed by atoms with Gasteiger partial charge in [-0.05, 0) is 36.6 Å². The van der Waals surface area contributed by atoms with Gasteiger partial charge in [-0.2, -0.15) is 0 Å². The number of nitrogens with zero attached hydrogens (tertiary/aromatic N) is 1. The SMILES string of the molecule is CC1=Nc2ccccc2Oc2c1cccc2C(C)C. The monoisotopic (exact) mass is 251 g/mol. The van der Waals surface area contributed by atoms with Crippen molar-refractivity contribution in [3.8, 4) is 11.5 Å². The molecule has 96 valence electrons. The summed E-state index contributed by atoms with van der Waals surface area (Å²) in [4.78, 5) is 4.67. The molecule has 19 heavy (non-hydrogen) atoms. The van der Waals surface area contributed by atoms with E-state index >= 15 is 0 Å². The molecule has 2 aromatic rings. The van der Waals surface area contributed by atoms with E-state index in [9.17, 15) is 0 Å². The third-order valence-corrected chi connectivity index (χ3v) is 3.42. The van der Waals surface area contributed by atoms with Crippen molar-refractivity contribution < 1.29 is 4.74 Å². The van der Waals surface area contributed by atoms with Crippen molar-refractivity contribution >= 4 is 11.4 Å². The van der Waals surface area contributed by atoms with Crippen LogP contribution in [0.3, 0.4) is 0 Å². The normalized spacial score (nSPS) is 13.2. The minimum absolute atomic E-state index is 0.424. The van der Waals surface area contributed by atoms with Crippen LogP contribution in [0.1, 0.15) is 37.8 Å². The highest BCUT2D eigenvalue weighted by molar-refractivity contribution is 6.04. The van der Waals surface area contributed by atoms with Crippen molar-refractivity contribution in [2.75, 3.05) is 0 Å². The molecule has 0 aliphatic carbocycles. The van der Waals surface area contributed by atoms with Gasteiger partial charge in [-0.1, -0.05) is 38.1 Å². The molecule has 0 aromatic heterocycles. The van der Waals surface area contributed by atoms with E-state index in [1.807, 2.05) is 31.2 Å². The molecule has 1 aliphatic rings. The van der Waals surface area contributed by atoms with Gasteiger partial charge in [-0.3, -0.25) is 0 Å². The van der Waals surface area contributed by atoms with Crippen LogP contribution in [0.4, 0.5) is 5.69 Å². The standard InChI is InChI=1S/C17H17NO/c1-11(2)13-7-6-8-14-12(3)18-15-9-4-5-10-16(15)19-17(13)14/h4-11H,1-3H3. The molecular weight excluding hydrogens is 234 g/mol. The Morgan fingerprint density at radius 2 is 1.79 bits per heavy atom. The first-order valence-electron chi connectivity index (χ1n) is 6.62. The summed E-state index contributed by atoms with van der Waals surface area (Å²) in [5.41, 5.74) is 4.21. The summed E-state index contributed by atoms with van der Waals surface area (Å²) in [6.07, 6.45) is 0. The van der Waals surface area contributed by atoms with Crippen LogP contribution in [-0.2, 0) is 0 Å². The maximum Gasteiger partial charge on any atom is 0.153 e. The van der Waals surface area contributed by atoms with Crippen molar-refractivity contribution in [2.45, 2.75) is 26.7 Å². The number of aliphatic imine (C=N–C) groups is 1. The maximum atomic E-state index is 6.15. The number of benzene rings is 2. The fraction of sp³-hybridized carbons (Fsp3) is 0.235. The number of rotatable bonds is 1. The van der Waals surface area contributed by atoms with Crippen LogP contribution >= 0.6 is 0 Å². The van der Waals surface area contributed by atoms with Gasteiger partial charge in [-0.25, -0.2) is 4.99 Å². The van der Waals surface area contributed by atoms with E-state index in [1.165, 1.54) is 5.56 Å². The summed E-state index contributed by atoms with van der Waals surface area (Å²) < 4.78 is 6.15. The summed E-state index contributed by atoms with van der Waals surface area (Å²) in [6.45, 7) is 6.40. The fourth-order valence-electron chi connectivity index (χ4n) is 2.40. The maximum absolute atomic E-state index is 6.15.